The van der Waals surface area contributed by atoms with Crippen LogP contribution in [0, 0.1) is 0 Å². The van der Waals surface area contributed by atoms with Crippen molar-refractivity contribution in [2.45, 2.75) is 13.1 Å². The summed E-state index contributed by atoms with van der Waals surface area (Å²) in [5, 5.41) is 7.86. The molecule has 19 heavy (non-hydrogen) atoms. The first kappa shape index (κ1) is 11.7. The van der Waals surface area contributed by atoms with Crippen LogP contribution in [-0.4, -0.2) is 9.78 Å². The Balaban J connectivity index is 1.59. The van der Waals surface area contributed by atoms with Gasteiger partial charge in [-0.05, 0) is 24.3 Å². The third-order valence-corrected chi connectivity index (χ3v) is 2.88. The van der Waals surface area contributed by atoms with E-state index in [0.29, 0.717) is 0 Å². The van der Waals surface area contributed by atoms with Gasteiger partial charge in [-0.1, -0.05) is 18.2 Å². The minimum atomic E-state index is 0.741. The highest BCUT2D eigenvalue weighted by molar-refractivity contribution is 5.30. The number of nitrogens with one attached hydrogen (secondary N) is 1. The summed E-state index contributed by atoms with van der Waals surface area (Å²) >= 11 is 0. The van der Waals surface area contributed by atoms with Gasteiger partial charge in [0, 0.05) is 24.8 Å². The highest BCUT2D eigenvalue weighted by Crippen LogP contribution is 2.07. The van der Waals surface area contributed by atoms with Gasteiger partial charge in [-0.15, -0.1) is 0 Å². The molecule has 0 atom stereocenters. The van der Waals surface area contributed by atoms with Crippen LogP contribution in [0.4, 0.5) is 0 Å². The number of nitrogens with zero attached hydrogens (tertiary/aromatic N) is 2. The van der Waals surface area contributed by atoms with Crippen LogP contribution in [0.15, 0.2) is 65.6 Å². The van der Waals surface area contributed by atoms with E-state index in [1.807, 2.05) is 53.3 Å². The number of furan rings is 1. The van der Waals surface area contributed by atoms with Gasteiger partial charge in [-0.25, -0.2) is 4.68 Å². The minimum Gasteiger partial charge on any atom is -0.472 e. The lowest BCUT2D eigenvalue weighted by molar-refractivity contribution is 0.559. The van der Waals surface area contributed by atoms with Gasteiger partial charge in [0.15, 0.2) is 0 Å². The van der Waals surface area contributed by atoms with Gasteiger partial charge in [0.05, 0.1) is 23.9 Å². The third kappa shape index (κ3) is 2.92. The van der Waals surface area contributed by atoms with Crippen LogP contribution in [0.1, 0.15) is 11.3 Å². The molecule has 0 saturated heterocycles. The molecule has 0 spiro atoms. The Morgan fingerprint density at radius 2 is 1.95 bits per heavy atom. The fraction of sp³-hybridized carbons (Fsp3) is 0.133. The smallest absolute Gasteiger partial charge is 0.0947 e. The van der Waals surface area contributed by atoms with Gasteiger partial charge >= 0.3 is 0 Å². The normalized spacial score (nSPS) is 10.7. The molecule has 2 heterocycles. The second-order valence-electron chi connectivity index (χ2n) is 4.32. The lowest BCUT2D eigenvalue weighted by Crippen LogP contribution is -2.12. The second-order valence-corrected chi connectivity index (χ2v) is 4.32. The molecular formula is C15H15N3O. The van der Waals surface area contributed by atoms with E-state index < -0.39 is 0 Å². The summed E-state index contributed by atoms with van der Waals surface area (Å²) in [6.45, 7) is 1.53. The maximum atomic E-state index is 5.02. The van der Waals surface area contributed by atoms with E-state index >= 15 is 0 Å². The van der Waals surface area contributed by atoms with Crippen LogP contribution < -0.4 is 5.32 Å². The van der Waals surface area contributed by atoms with Crippen molar-refractivity contribution >= 4 is 0 Å². The first-order chi connectivity index (χ1) is 9.42. The molecule has 0 amide bonds. The monoisotopic (exact) mass is 253 g/mol. The molecule has 0 unspecified atom stereocenters. The molecule has 0 bridgehead atoms. The predicted octanol–water partition coefficient (Wildman–Crippen LogP) is 2.76. The van der Waals surface area contributed by atoms with Gasteiger partial charge in [-0.2, -0.15) is 5.10 Å². The molecular weight excluding hydrogens is 238 g/mol. The standard InChI is InChI=1S/C15H15N3O/c1-2-4-15(5-3-1)18-8-6-14(17-18)11-16-10-13-7-9-19-12-13/h1-9,12,16H,10-11H2. The Hall–Kier alpha value is -2.33. The van der Waals surface area contributed by atoms with E-state index in [1.165, 1.54) is 0 Å². The maximum Gasteiger partial charge on any atom is 0.0947 e. The molecule has 4 heteroatoms. The highest BCUT2D eigenvalue weighted by atomic mass is 16.3. The fourth-order valence-electron chi connectivity index (χ4n) is 1.91. The Morgan fingerprint density at radius 1 is 1.05 bits per heavy atom. The van der Waals surface area contributed by atoms with Crippen LogP contribution in [0.3, 0.4) is 0 Å². The van der Waals surface area contributed by atoms with Crippen molar-refractivity contribution in [3.8, 4) is 5.69 Å². The summed E-state index contributed by atoms with van der Waals surface area (Å²) in [5.41, 5.74) is 3.23. The van der Waals surface area contributed by atoms with Crippen molar-refractivity contribution < 1.29 is 4.42 Å². The van der Waals surface area contributed by atoms with Gasteiger partial charge in [0.25, 0.3) is 0 Å². The van der Waals surface area contributed by atoms with Crippen LogP contribution in [0.5, 0.6) is 0 Å². The largest absolute Gasteiger partial charge is 0.472 e. The Labute approximate surface area is 111 Å². The van der Waals surface area contributed by atoms with Crippen LogP contribution in [-0.2, 0) is 13.1 Å². The third-order valence-electron chi connectivity index (χ3n) is 2.88. The first-order valence-electron chi connectivity index (χ1n) is 6.23. The molecule has 0 aliphatic heterocycles. The van der Waals surface area contributed by atoms with Crippen molar-refractivity contribution in [2.24, 2.45) is 0 Å². The molecule has 0 fully saturated rings. The average Bonchev–Trinajstić information content (AvgIpc) is 3.11. The van der Waals surface area contributed by atoms with Gasteiger partial charge in [0.2, 0.25) is 0 Å². The summed E-state index contributed by atoms with van der Waals surface area (Å²) in [5.74, 6) is 0. The molecule has 1 aromatic carbocycles. The minimum absolute atomic E-state index is 0.741. The second kappa shape index (κ2) is 5.54. The zero-order valence-electron chi connectivity index (χ0n) is 10.5. The quantitative estimate of drug-likeness (QED) is 0.760. The molecule has 3 rings (SSSR count). The summed E-state index contributed by atoms with van der Waals surface area (Å²) < 4.78 is 6.90. The number of para-hydroxylation sites is 1. The van der Waals surface area contributed by atoms with Gasteiger partial charge in [0.1, 0.15) is 0 Å². The lowest BCUT2D eigenvalue weighted by atomic mass is 10.3. The number of aromatic nitrogens is 2. The van der Waals surface area contributed by atoms with Crippen LogP contribution >= 0.6 is 0 Å². The highest BCUT2D eigenvalue weighted by Gasteiger charge is 2.01. The molecule has 96 valence electrons. The molecule has 0 radical (unpaired) electrons. The van der Waals surface area contributed by atoms with E-state index in [2.05, 4.69) is 10.4 Å². The summed E-state index contributed by atoms with van der Waals surface area (Å²) in [6.07, 6.45) is 5.40. The Bertz CT molecular complexity index is 614. The zero-order valence-corrected chi connectivity index (χ0v) is 10.5. The number of rotatable bonds is 5. The van der Waals surface area contributed by atoms with E-state index in [-0.39, 0.29) is 0 Å². The maximum absolute atomic E-state index is 5.02. The van der Waals surface area contributed by atoms with Gasteiger partial charge < -0.3 is 9.73 Å². The van der Waals surface area contributed by atoms with Crippen molar-refractivity contribution in [2.75, 3.05) is 0 Å². The van der Waals surface area contributed by atoms with Crippen LogP contribution in [0.2, 0.25) is 0 Å². The molecule has 0 saturated carbocycles. The van der Waals surface area contributed by atoms with Crippen molar-refractivity contribution in [1.29, 1.82) is 0 Å². The van der Waals surface area contributed by atoms with E-state index in [1.54, 1.807) is 12.5 Å². The van der Waals surface area contributed by atoms with E-state index in [4.69, 9.17) is 4.42 Å². The molecule has 3 aromatic rings. The number of benzene rings is 1. The zero-order chi connectivity index (χ0) is 12.9. The molecule has 4 nitrogen and oxygen atoms in total. The number of hydrogen-bond donors (Lipinski definition) is 1. The summed E-state index contributed by atoms with van der Waals surface area (Å²) in [4.78, 5) is 0. The summed E-state index contributed by atoms with van der Waals surface area (Å²) in [7, 11) is 0. The van der Waals surface area contributed by atoms with Crippen molar-refractivity contribution in [3.63, 3.8) is 0 Å². The fourth-order valence-corrected chi connectivity index (χ4v) is 1.91. The summed E-state index contributed by atoms with van der Waals surface area (Å²) in [6, 6.07) is 14.1. The molecule has 1 N–H and O–H groups in total. The van der Waals surface area contributed by atoms with Crippen molar-refractivity contribution in [3.05, 3.63) is 72.4 Å². The van der Waals surface area contributed by atoms with E-state index in [0.717, 1.165) is 30.0 Å². The molecule has 0 aliphatic carbocycles. The Morgan fingerprint density at radius 3 is 2.74 bits per heavy atom. The predicted molar refractivity (Wildman–Crippen MR) is 72.8 cm³/mol. The van der Waals surface area contributed by atoms with Crippen molar-refractivity contribution in [1.82, 2.24) is 15.1 Å². The first-order valence-corrected chi connectivity index (χ1v) is 6.23. The topological polar surface area (TPSA) is 43.0 Å². The molecule has 0 aliphatic rings. The molecule has 2 aromatic heterocycles. The van der Waals surface area contributed by atoms with E-state index in [9.17, 15) is 0 Å². The SMILES string of the molecule is c1ccc(-n2ccc(CNCc3ccoc3)n2)cc1. The van der Waals surface area contributed by atoms with Crippen LogP contribution in [0.25, 0.3) is 5.69 Å². The average molecular weight is 253 g/mol. The Kier molecular flexibility index (Phi) is 3.42. The number of hydrogen-bond acceptors (Lipinski definition) is 3. The van der Waals surface area contributed by atoms with Gasteiger partial charge in [-0.3, -0.25) is 0 Å². The lowest BCUT2D eigenvalue weighted by Gasteiger charge is -2.01.